The van der Waals surface area contributed by atoms with E-state index in [4.69, 9.17) is 18.4 Å². The van der Waals surface area contributed by atoms with E-state index in [1.807, 2.05) is 0 Å². The van der Waals surface area contributed by atoms with Gasteiger partial charge in [-0.25, -0.2) is 9.78 Å². The number of oxazole rings is 1. The first-order valence-electron chi connectivity index (χ1n) is 6.85. The standard InChI is InChI=1S/C14H16N2O5/c1-3-19-14(17)12-11(8-4-5-8)15-13(20-12)10-6-9(7-18-2)21-16-10/h6,8H,3-5,7H2,1-2H3. The van der Waals surface area contributed by atoms with Crippen LogP contribution in [0.4, 0.5) is 0 Å². The Morgan fingerprint density at radius 3 is 2.95 bits per heavy atom. The van der Waals surface area contributed by atoms with Gasteiger partial charge < -0.3 is 18.4 Å². The highest BCUT2D eigenvalue weighted by atomic mass is 16.5. The van der Waals surface area contributed by atoms with E-state index in [-0.39, 0.29) is 17.6 Å². The fourth-order valence-corrected chi connectivity index (χ4v) is 2.04. The lowest BCUT2D eigenvalue weighted by molar-refractivity contribution is 0.0489. The molecule has 3 rings (SSSR count). The summed E-state index contributed by atoms with van der Waals surface area (Å²) in [7, 11) is 1.57. The third-order valence-electron chi connectivity index (χ3n) is 3.14. The zero-order valence-electron chi connectivity index (χ0n) is 11.9. The van der Waals surface area contributed by atoms with E-state index >= 15 is 0 Å². The molecule has 0 saturated heterocycles. The number of hydrogen-bond donors (Lipinski definition) is 0. The number of carbonyl (C=O) groups excluding carboxylic acids is 1. The largest absolute Gasteiger partial charge is 0.460 e. The summed E-state index contributed by atoms with van der Waals surface area (Å²) < 4.78 is 20.6. The molecule has 1 aliphatic rings. The molecule has 0 aromatic carbocycles. The van der Waals surface area contributed by atoms with Crippen LogP contribution in [0.25, 0.3) is 11.6 Å². The van der Waals surface area contributed by atoms with Crippen molar-refractivity contribution in [3.05, 3.63) is 23.3 Å². The molecule has 2 aromatic heterocycles. The van der Waals surface area contributed by atoms with E-state index in [1.54, 1.807) is 20.1 Å². The van der Waals surface area contributed by atoms with E-state index in [1.165, 1.54) is 0 Å². The number of ether oxygens (including phenoxy) is 2. The fourth-order valence-electron chi connectivity index (χ4n) is 2.04. The molecule has 112 valence electrons. The minimum Gasteiger partial charge on any atom is -0.460 e. The maximum atomic E-state index is 11.9. The van der Waals surface area contributed by atoms with E-state index in [0.29, 0.717) is 30.4 Å². The van der Waals surface area contributed by atoms with Crippen LogP contribution in [-0.4, -0.2) is 29.8 Å². The summed E-state index contributed by atoms with van der Waals surface area (Å²) in [6.07, 6.45) is 2.01. The summed E-state index contributed by atoms with van der Waals surface area (Å²) >= 11 is 0. The molecule has 0 atom stereocenters. The maximum Gasteiger partial charge on any atom is 0.376 e. The van der Waals surface area contributed by atoms with Crippen molar-refractivity contribution in [3.8, 4) is 11.6 Å². The van der Waals surface area contributed by atoms with Gasteiger partial charge in [0.2, 0.25) is 11.7 Å². The predicted octanol–water partition coefficient (Wildman–Crippen LogP) is 2.53. The number of methoxy groups -OCH3 is 1. The molecule has 7 nitrogen and oxygen atoms in total. The zero-order chi connectivity index (χ0) is 14.8. The van der Waals surface area contributed by atoms with Gasteiger partial charge in [0.15, 0.2) is 11.5 Å². The number of hydrogen-bond acceptors (Lipinski definition) is 7. The minimum absolute atomic E-state index is 0.172. The molecule has 21 heavy (non-hydrogen) atoms. The van der Waals surface area contributed by atoms with Gasteiger partial charge in [0, 0.05) is 19.1 Å². The van der Waals surface area contributed by atoms with E-state index < -0.39 is 5.97 Å². The van der Waals surface area contributed by atoms with Crippen molar-refractivity contribution >= 4 is 5.97 Å². The van der Waals surface area contributed by atoms with Crippen LogP contribution in [0.1, 0.15) is 47.7 Å². The molecule has 1 saturated carbocycles. The van der Waals surface area contributed by atoms with Crippen LogP contribution in [0.3, 0.4) is 0 Å². The molecular formula is C14H16N2O5. The molecule has 0 unspecified atom stereocenters. The van der Waals surface area contributed by atoms with Gasteiger partial charge in [-0.2, -0.15) is 0 Å². The Morgan fingerprint density at radius 2 is 2.29 bits per heavy atom. The Labute approximate surface area is 121 Å². The summed E-state index contributed by atoms with van der Waals surface area (Å²) in [6.45, 7) is 2.36. The lowest BCUT2D eigenvalue weighted by Crippen LogP contribution is -2.05. The average Bonchev–Trinajstić information content (AvgIpc) is 3.04. The highest BCUT2D eigenvalue weighted by molar-refractivity contribution is 5.88. The molecule has 0 amide bonds. The Kier molecular flexibility index (Phi) is 3.74. The Hall–Kier alpha value is -2.15. The number of nitrogens with zero attached hydrogens (tertiary/aromatic N) is 2. The highest BCUT2D eigenvalue weighted by Gasteiger charge is 2.34. The number of rotatable bonds is 6. The Bertz CT molecular complexity index is 642. The highest BCUT2D eigenvalue weighted by Crippen LogP contribution is 2.42. The quantitative estimate of drug-likeness (QED) is 0.756. The van der Waals surface area contributed by atoms with Gasteiger partial charge in [0.25, 0.3) is 0 Å². The third kappa shape index (κ3) is 2.82. The third-order valence-corrected chi connectivity index (χ3v) is 3.14. The molecule has 0 spiro atoms. The predicted molar refractivity (Wildman–Crippen MR) is 70.6 cm³/mol. The van der Waals surface area contributed by atoms with Crippen LogP contribution in [0.15, 0.2) is 15.0 Å². The SMILES string of the molecule is CCOC(=O)c1oc(-c2cc(COC)on2)nc1C1CC1. The van der Waals surface area contributed by atoms with Gasteiger partial charge in [0.1, 0.15) is 6.61 Å². The topological polar surface area (TPSA) is 87.6 Å². The van der Waals surface area contributed by atoms with Gasteiger partial charge in [0.05, 0.1) is 12.3 Å². The van der Waals surface area contributed by atoms with Gasteiger partial charge in [-0.3, -0.25) is 0 Å². The maximum absolute atomic E-state index is 11.9. The second-order valence-electron chi connectivity index (χ2n) is 4.84. The van der Waals surface area contributed by atoms with Crippen molar-refractivity contribution in [2.75, 3.05) is 13.7 Å². The van der Waals surface area contributed by atoms with Gasteiger partial charge in [-0.15, -0.1) is 0 Å². The summed E-state index contributed by atoms with van der Waals surface area (Å²) in [5.74, 6) is 0.791. The summed E-state index contributed by atoms with van der Waals surface area (Å²) in [6, 6.07) is 1.68. The van der Waals surface area contributed by atoms with Crippen LogP contribution >= 0.6 is 0 Å². The normalized spacial score (nSPS) is 14.4. The fraction of sp³-hybridized carbons (Fsp3) is 0.500. The zero-order valence-corrected chi connectivity index (χ0v) is 11.9. The average molecular weight is 292 g/mol. The van der Waals surface area contributed by atoms with Crippen molar-refractivity contribution in [3.63, 3.8) is 0 Å². The Morgan fingerprint density at radius 1 is 1.48 bits per heavy atom. The number of esters is 1. The first kappa shape index (κ1) is 13.8. The lowest BCUT2D eigenvalue weighted by Gasteiger charge is -1.98. The molecule has 1 fully saturated rings. The van der Waals surface area contributed by atoms with E-state index in [2.05, 4.69) is 10.1 Å². The van der Waals surface area contributed by atoms with Crippen molar-refractivity contribution in [1.29, 1.82) is 0 Å². The Balaban J connectivity index is 1.91. The summed E-state index contributed by atoms with van der Waals surface area (Å²) in [4.78, 5) is 16.3. The van der Waals surface area contributed by atoms with E-state index in [0.717, 1.165) is 12.8 Å². The molecular weight excluding hydrogens is 276 g/mol. The molecule has 0 radical (unpaired) electrons. The lowest BCUT2D eigenvalue weighted by atomic mass is 10.2. The molecule has 1 aliphatic carbocycles. The van der Waals surface area contributed by atoms with Crippen LogP contribution in [-0.2, 0) is 16.1 Å². The molecule has 0 N–H and O–H groups in total. The summed E-state index contributed by atoms with van der Waals surface area (Å²) in [5.41, 5.74) is 1.10. The molecule has 2 heterocycles. The van der Waals surface area contributed by atoms with Crippen LogP contribution < -0.4 is 0 Å². The monoisotopic (exact) mass is 292 g/mol. The van der Waals surface area contributed by atoms with Crippen LogP contribution in [0.2, 0.25) is 0 Å². The van der Waals surface area contributed by atoms with Crippen LogP contribution in [0.5, 0.6) is 0 Å². The summed E-state index contributed by atoms with van der Waals surface area (Å²) in [5, 5.41) is 3.88. The number of carbonyl (C=O) groups is 1. The van der Waals surface area contributed by atoms with Crippen molar-refractivity contribution in [2.24, 2.45) is 0 Å². The second kappa shape index (κ2) is 5.69. The minimum atomic E-state index is -0.487. The van der Waals surface area contributed by atoms with E-state index in [9.17, 15) is 4.79 Å². The van der Waals surface area contributed by atoms with Gasteiger partial charge >= 0.3 is 5.97 Å². The van der Waals surface area contributed by atoms with Crippen molar-refractivity contribution in [2.45, 2.75) is 32.3 Å². The second-order valence-corrected chi connectivity index (χ2v) is 4.84. The van der Waals surface area contributed by atoms with Crippen molar-refractivity contribution < 1.29 is 23.2 Å². The number of aromatic nitrogens is 2. The van der Waals surface area contributed by atoms with Gasteiger partial charge in [-0.1, -0.05) is 5.16 Å². The molecule has 2 aromatic rings. The van der Waals surface area contributed by atoms with Gasteiger partial charge in [-0.05, 0) is 19.8 Å². The smallest absolute Gasteiger partial charge is 0.376 e. The van der Waals surface area contributed by atoms with Crippen molar-refractivity contribution in [1.82, 2.24) is 10.1 Å². The van der Waals surface area contributed by atoms with Crippen LogP contribution in [0, 0.1) is 0 Å². The molecule has 7 heteroatoms. The first-order chi connectivity index (χ1) is 10.2. The first-order valence-corrected chi connectivity index (χ1v) is 6.85. The molecule has 0 aliphatic heterocycles. The molecule has 0 bridgehead atoms.